The first kappa shape index (κ1) is 15.0. The Hall–Kier alpha value is -2.05. The highest BCUT2D eigenvalue weighted by atomic mass is 16.4. The normalized spacial score (nSPS) is 11.9. The van der Waals surface area contributed by atoms with E-state index in [0.717, 1.165) is 12.1 Å². The number of nitrogens with one attached hydrogen (secondary N) is 3. The van der Waals surface area contributed by atoms with Crippen LogP contribution in [0, 0.1) is 13.8 Å². The maximum Gasteiger partial charge on any atom is 0.319 e. The SMILES string of the molecule is CCCC(CC(=O)O)NC(=O)Nc1c(C)n[nH]c1C. The maximum atomic E-state index is 11.8. The number of urea groups is 1. The summed E-state index contributed by atoms with van der Waals surface area (Å²) in [4.78, 5) is 22.5. The molecule has 0 saturated carbocycles. The van der Waals surface area contributed by atoms with Crippen LogP contribution < -0.4 is 10.6 Å². The molecule has 1 unspecified atom stereocenters. The molecule has 7 nitrogen and oxygen atoms in total. The minimum atomic E-state index is -0.922. The van der Waals surface area contributed by atoms with E-state index >= 15 is 0 Å². The molecule has 0 fully saturated rings. The quantitative estimate of drug-likeness (QED) is 0.631. The number of carbonyl (C=O) groups is 2. The Balaban J connectivity index is 2.60. The van der Waals surface area contributed by atoms with E-state index in [9.17, 15) is 9.59 Å². The molecule has 0 aliphatic heterocycles. The van der Waals surface area contributed by atoms with Crippen LogP contribution in [-0.4, -0.2) is 33.3 Å². The number of hydrogen-bond acceptors (Lipinski definition) is 3. The van der Waals surface area contributed by atoms with Crippen molar-refractivity contribution in [2.45, 2.75) is 46.1 Å². The van der Waals surface area contributed by atoms with Gasteiger partial charge in [-0.25, -0.2) is 4.79 Å². The zero-order valence-electron chi connectivity index (χ0n) is 11.4. The number of carboxylic acids is 1. The summed E-state index contributed by atoms with van der Waals surface area (Å²) < 4.78 is 0. The van der Waals surface area contributed by atoms with Crippen LogP contribution in [0.25, 0.3) is 0 Å². The fraction of sp³-hybridized carbons (Fsp3) is 0.583. The molecule has 0 aliphatic rings. The Kier molecular flexibility index (Phi) is 5.35. The van der Waals surface area contributed by atoms with E-state index in [1.54, 1.807) is 13.8 Å². The van der Waals surface area contributed by atoms with Gasteiger partial charge in [0.25, 0.3) is 0 Å². The summed E-state index contributed by atoms with van der Waals surface area (Å²) in [7, 11) is 0. The van der Waals surface area contributed by atoms with Gasteiger partial charge in [-0.3, -0.25) is 9.89 Å². The summed E-state index contributed by atoms with van der Waals surface area (Å²) in [6.07, 6.45) is 1.36. The Morgan fingerprint density at radius 3 is 2.58 bits per heavy atom. The fourth-order valence-electron chi connectivity index (χ4n) is 1.85. The maximum absolute atomic E-state index is 11.8. The highest BCUT2D eigenvalue weighted by Crippen LogP contribution is 2.15. The standard InChI is InChI=1S/C12H20N4O3/c1-4-5-9(6-10(17)18)13-12(19)14-11-7(2)15-16-8(11)3/h9H,4-6H2,1-3H3,(H,15,16)(H,17,18)(H2,13,14,19). The molecule has 0 aromatic carbocycles. The summed E-state index contributed by atoms with van der Waals surface area (Å²) in [6.45, 7) is 5.52. The van der Waals surface area contributed by atoms with Gasteiger partial charge in [-0.2, -0.15) is 5.10 Å². The van der Waals surface area contributed by atoms with Crippen LogP contribution in [0.1, 0.15) is 37.6 Å². The zero-order chi connectivity index (χ0) is 14.4. The molecule has 1 heterocycles. The first-order valence-corrected chi connectivity index (χ1v) is 6.24. The second kappa shape index (κ2) is 6.77. The second-order valence-corrected chi connectivity index (χ2v) is 4.49. The largest absolute Gasteiger partial charge is 0.481 e. The van der Waals surface area contributed by atoms with Crippen molar-refractivity contribution in [2.24, 2.45) is 0 Å². The molecule has 0 radical (unpaired) electrons. The third-order valence-electron chi connectivity index (χ3n) is 2.76. The summed E-state index contributed by atoms with van der Waals surface area (Å²) in [5, 5.41) is 20.9. The molecule has 0 bridgehead atoms. The molecule has 1 aromatic rings. The van der Waals surface area contributed by atoms with Crippen molar-refractivity contribution in [1.29, 1.82) is 0 Å². The monoisotopic (exact) mass is 268 g/mol. The number of amides is 2. The average molecular weight is 268 g/mol. The van der Waals surface area contributed by atoms with Crippen LogP contribution in [0.5, 0.6) is 0 Å². The van der Waals surface area contributed by atoms with Gasteiger partial charge in [0.2, 0.25) is 0 Å². The Bertz CT molecular complexity index is 436. The van der Waals surface area contributed by atoms with Crippen LogP contribution in [0.4, 0.5) is 10.5 Å². The highest BCUT2D eigenvalue weighted by molar-refractivity contribution is 5.90. The average Bonchev–Trinajstić information content (AvgIpc) is 2.60. The van der Waals surface area contributed by atoms with Crippen LogP contribution >= 0.6 is 0 Å². The van der Waals surface area contributed by atoms with Crippen LogP contribution in [-0.2, 0) is 4.79 Å². The third kappa shape index (κ3) is 4.61. The number of aliphatic carboxylic acids is 1. The molecule has 4 N–H and O–H groups in total. The second-order valence-electron chi connectivity index (χ2n) is 4.49. The lowest BCUT2D eigenvalue weighted by Crippen LogP contribution is -2.39. The number of carboxylic acid groups (broad SMARTS) is 1. The Morgan fingerprint density at radius 2 is 2.11 bits per heavy atom. The first-order valence-electron chi connectivity index (χ1n) is 6.24. The lowest BCUT2D eigenvalue weighted by molar-refractivity contribution is -0.137. The number of anilines is 1. The minimum Gasteiger partial charge on any atom is -0.481 e. The van der Waals surface area contributed by atoms with Gasteiger partial charge in [-0.15, -0.1) is 0 Å². The van der Waals surface area contributed by atoms with Crippen molar-refractivity contribution in [3.8, 4) is 0 Å². The molecule has 106 valence electrons. The molecule has 1 rings (SSSR count). The Labute approximate surface area is 111 Å². The van der Waals surface area contributed by atoms with Gasteiger partial charge >= 0.3 is 12.0 Å². The van der Waals surface area contributed by atoms with Crippen LogP contribution in [0.15, 0.2) is 0 Å². The predicted octanol–water partition coefficient (Wildman–Crippen LogP) is 1.79. The van der Waals surface area contributed by atoms with E-state index in [1.807, 2.05) is 6.92 Å². The number of aromatic amines is 1. The number of hydrogen-bond donors (Lipinski definition) is 4. The molecular formula is C12H20N4O3. The highest BCUT2D eigenvalue weighted by Gasteiger charge is 2.16. The van der Waals surface area contributed by atoms with Crippen molar-refractivity contribution in [3.63, 3.8) is 0 Å². The number of aromatic nitrogens is 2. The summed E-state index contributed by atoms with van der Waals surface area (Å²) in [6, 6.07) is -0.776. The molecule has 7 heteroatoms. The topological polar surface area (TPSA) is 107 Å². The van der Waals surface area contributed by atoms with Gasteiger partial charge in [0.1, 0.15) is 0 Å². The smallest absolute Gasteiger partial charge is 0.319 e. The number of aryl methyl sites for hydroxylation is 2. The number of rotatable bonds is 6. The van der Waals surface area contributed by atoms with Crippen molar-refractivity contribution < 1.29 is 14.7 Å². The van der Waals surface area contributed by atoms with E-state index in [2.05, 4.69) is 20.8 Å². The lowest BCUT2D eigenvalue weighted by Gasteiger charge is -2.16. The molecular weight excluding hydrogens is 248 g/mol. The number of carbonyl (C=O) groups excluding carboxylic acids is 1. The van der Waals surface area contributed by atoms with Gasteiger partial charge in [-0.1, -0.05) is 13.3 Å². The van der Waals surface area contributed by atoms with Crippen molar-refractivity contribution in [2.75, 3.05) is 5.32 Å². The van der Waals surface area contributed by atoms with Gasteiger partial charge in [0, 0.05) is 6.04 Å². The van der Waals surface area contributed by atoms with E-state index in [0.29, 0.717) is 17.8 Å². The summed E-state index contributed by atoms with van der Waals surface area (Å²) in [5.41, 5.74) is 2.08. The Morgan fingerprint density at radius 1 is 1.42 bits per heavy atom. The first-order chi connectivity index (χ1) is 8.93. The van der Waals surface area contributed by atoms with Gasteiger partial charge in [0.15, 0.2) is 0 Å². The molecule has 1 aromatic heterocycles. The molecule has 0 saturated heterocycles. The minimum absolute atomic E-state index is 0.0788. The summed E-state index contributed by atoms with van der Waals surface area (Å²) in [5.74, 6) is -0.922. The number of nitrogens with zero attached hydrogens (tertiary/aromatic N) is 1. The number of H-pyrrole nitrogens is 1. The van der Waals surface area contributed by atoms with E-state index in [1.165, 1.54) is 0 Å². The predicted molar refractivity (Wildman–Crippen MR) is 71.2 cm³/mol. The molecule has 0 aliphatic carbocycles. The van der Waals surface area contributed by atoms with Gasteiger partial charge in [-0.05, 0) is 20.3 Å². The third-order valence-corrected chi connectivity index (χ3v) is 2.76. The molecule has 0 spiro atoms. The molecule has 1 atom stereocenters. The van der Waals surface area contributed by atoms with Crippen LogP contribution in [0.3, 0.4) is 0 Å². The van der Waals surface area contributed by atoms with E-state index < -0.39 is 12.0 Å². The van der Waals surface area contributed by atoms with Crippen molar-refractivity contribution >= 4 is 17.7 Å². The fourth-order valence-corrected chi connectivity index (χ4v) is 1.85. The van der Waals surface area contributed by atoms with Crippen molar-refractivity contribution in [1.82, 2.24) is 15.5 Å². The molecule has 19 heavy (non-hydrogen) atoms. The van der Waals surface area contributed by atoms with Crippen LogP contribution in [0.2, 0.25) is 0 Å². The van der Waals surface area contributed by atoms with Gasteiger partial charge in [0.05, 0.1) is 23.5 Å². The zero-order valence-corrected chi connectivity index (χ0v) is 11.4. The summed E-state index contributed by atoms with van der Waals surface area (Å²) >= 11 is 0. The lowest BCUT2D eigenvalue weighted by atomic mass is 10.1. The molecule has 2 amide bonds. The van der Waals surface area contributed by atoms with Gasteiger partial charge < -0.3 is 15.7 Å². The van der Waals surface area contributed by atoms with E-state index in [4.69, 9.17) is 5.11 Å². The van der Waals surface area contributed by atoms with Crippen molar-refractivity contribution in [3.05, 3.63) is 11.4 Å². The van der Waals surface area contributed by atoms with E-state index in [-0.39, 0.29) is 12.5 Å².